The maximum absolute atomic E-state index is 12.4. The minimum Gasteiger partial charge on any atom is -0.369 e. The number of anilines is 2. The summed E-state index contributed by atoms with van der Waals surface area (Å²) in [7, 11) is -3.76. The van der Waals surface area contributed by atoms with Crippen molar-refractivity contribution in [2.24, 2.45) is 0 Å². The van der Waals surface area contributed by atoms with E-state index in [9.17, 15) is 8.42 Å². The van der Waals surface area contributed by atoms with E-state index in [1.54, 1.807) is 18.2 Å². The molecular weight excluding hydrogens is 344 g/mol. The zero-order valence-electron chi connectivity index (χ0n) is 10.7. The fourth-order valence-corrected chi connectivity index (χ4v) is 3.19. The summed E-state index contributed by atoms with van der Waals surface area (Å²) >= 11 is 3.23. The number of rotatable bonds is 5. The van der Waals surface area contributed by atoms with E-state index in [4.69, 9.17) is 0 Å². The number of pyridine rings is 2. The first-order chi connectivity index (χ1) is 9.53. The Balaban J connectivity index is 2.41. The average molecular weight is 357 g/mol. The number of hydrogen-bond donors (Lipinski definition) is 2. The highest BCUT2D eigenvalue weighted by atomic mass is 79.9. The minimum absolute atomic E-state index is 0.0689. The first-order valence-corrected chi connectivity index (χ1v) is 8.14. The normalized spacial score (nSPS) is 11.1. The summed E-state index contributed by atoms with van der Waals surface area (Å²) in [5.41, 5.74) is 0. The minimum atomic E-state index is -3.76. The highest BCUT2D eigenvalue weighted by Gasteiger charge is 2.20. The predicted octanol–water partition coefficient (Wildman–Crippen LogP) is 2.47. The summed E-state index contributed by atoms with van der Waals surface area (Å²) in [6.07, 6.45) is 3.06. The van der Waals surface area contributed by atoms with Crippen LogP contribution in [0.4, 0.5) is 11.6 Å². The van der Waals surface area contributed by atoms with Gasteiger partial charge < -0.3 is 5.32 Å². The molecule has 0 spiro atoms. The van der Waals surface area contributed by atoms with E-state index >= 15 is 0 Å². The molecule has 0 saturated carbocycles. The Morgan fingerprint density at radius 1 is 1.30 bits per heavy atom. The second-order valence-electron chi connectivity index (χ2n) is 3.85. The van der Waals surface area contributed by atoms with Gasteiger partial charge in [-0.1, -0.05) is 6.07 Å². The van der Waals surface area contributed by atoms with Gasteiger partial charge in [0.15, 0.2) is 0 Å². The lowest BCUT2D eigenvalue weighted by molar-refractivity contribution is 0.601. The van der Waals surface area contributed by atoms with Gasteiger partial charge in [0, 0.05) is 23.4 Å². The molecule has 2 aromatic rings. The van der Waals surface area contributed by atoms with Gasteiger partial charge in [-0.2, -0.15) is 0 Å². The van der Waals surface area contributed by atoms with Crippen molar-refractivity contribution >= 4 is 37.6 Å². The van der Waals surface area contributed by atoms with E-state index in [1.807, 2.05) is 6.92 Å². The quantitative estimate of drug-likeness (QED) is 0.859. The summed E-state index contributed by atoms with van der Waals surface area (Å²) < 4.78 is 27.8. The van der Waals surface area contributed by atoms with Crippen LogP contribution in [0.15, 0.2) is 46.0 Å². The van der Waals surface area contributed by atoms with Crippen LogP contribution in [0.5, 0.6) is 0 Å². The standard InChI is InChI=1S/C12H13BrN4O2S/c1-2-14-12-10(7-9(13)8-16-12)20(18,19)17-11-5-3-4-6-15-11/h3-8H,2H2,1H3,(H,14,16)(H,15,17). The molecule has 0 atom stereocenters. The average Bonchev–Trinajstić information content (AvgIpc) is 2.41. The molecule has 0 radical (unpaired) electrons. The van der Waals surface area contributed by atoms with Crippen molar-refractivity contribution < 1.29 is 8.42 Å². The highest BCUT2D eigenvalue weighted by molar-refractivity contribution is 9.10. The molecule has 0 amide bonds. The third-order valence-corrected chi connectivity index (χ3v) is 4.16. The van der Waals surface area contributed by atoms with Gasteiger partial charge in [-0.3, -0.25) is 4.72 Å². The molecule has 0 unspecified atom stereocenters. The molecule has 0 saturated heterocycles. The number of nitrogens with one attached hydrogen (secondary N) is 2. The molecule has 8 heteroatoms. The van der Waals surface area contributed by atoms with Gasteiger partial charge in [0.1, 0.15) is 16.5 Å². The molecule has 6 nitrogen and oxygen atoms in total. The van der Waals surface area contributed by atoms with Crippen LogP contribution in [0.1, 0.15) is 6.92 Å². The Kier molecular flexibility index (Phi) is 4.56. The maximum Gasteiger partial charge on any atom is 0.266 e. The third-order valence-electron chi connectivity index (χ3n) is 2.36. The molecule has 2 heterocycles. The molecule has 106 valence electrons. The van der Waals surface area contributed by atoms with Crippen LogP contribution in [-0.4, -0.2) is 24.9 Å². The van der Waals surface area contributed by atoms with Crippen molar-refractivity contribution in [1.29, 1.82) is 0 Å². The van der Waals surface area contributed by atoms with E-state index in [-0.39, 0.29) is 10.7 Å². The second-order valence-corrected chi connectivity index (χ2v) is 6.42. The summed E-state index contributed by atoms with van der Waals surface area (Å²) in [5.74, 6) is 0.564. The van der Waals surface area contributed by atoms with Gasteiger partial charge in [-0.15, -0.1) is 0 Å². The number of halogens is 1. The van der Waals surface area contributed by atoms with Crippen molar-refractivity contribution in [2.45, 2.75) is 11.8 Å². The first kappa shape index (κ1) is 14.7. The van der Waals surface area contributed by atoms with Crippen LogP contribution in [0.3, 0.4) is 0 Å². The van der Waals surface area contributed by atoms with Crippen molar-refractivity contribution in [1.82, 2.24) is 9.97 Å². The second kappa shape index (κ2) is 6.19. The van der Waals surface area contributed by atoms with E-state index in [0.29, 0.717) is 16.8 Å². The van der Waals surface area contributed by atoms with E-state index in [0.717, 1.165) is 0 Å². The zero-order chi connectivity index (χ0) is 14.6. The van der Waals surface area contributed by atoms with Gasteiger partial charge in [0.2, 0.25) is 0 Å². The van der Waals surface area contributed by atoms with Crippen LogP contribution >= 0.6 is 15.9 Å². The molecule has 0 aliphatic heterocycles. The van der Waals surface area contributed by atoms with Gasteiger partial charge in [0.25, 0.3) is 10.0 Å². The molecular formula is C12H13BrN4O2S. The van der Waals surface area contributed by atoms with Gasteiger partial charge in [0.05, 0.1) is 0 Å². The molecule has 0 bridgehead atoms. The number of sulfonamides is 1. The predicted molar refractivity (Wildman–Crippen MR) is 81.1 cm³/mol. The Hall–Kier alpha value is -1.67. The van der Waals surface area contributed by atoms with Gasteiger partial charge >= 0.3 is 0 Å². The summed E-state index contributed by atoms with van der Waals surface area (Å²) in [4.78, 5) is 8.09. The van der Waals surface area contributed by atoms with Crippen molar-refractivity contribution in [3.8, 4) is 0 Å². The van der Waals surface area contributed by atoms with Crippen molar-refractivity contribution in [2.75, 3.05) is 16.6 Å². The molecule has 2 N–H and O–H groups in total. The molecule has 0 fully saturated rings. The number of hydrogen-bond acceptors (Lipinski definition) is 5. The number of aromatic nitrogens is 2. The topological polar surface area (TPSA) is 84.0 Å². The van der Waals surface area contributed by atoms with Crippen LogP contribution in [0.2, 0.25) is 0 Å². The smallest absolute Gasteiger partial charge is 0.266 e. The molecule has 2 rings (SSSR count). The lowest BCUT2D eigenvalue weighted by atomic mass is 10.4. The van der Waals surface area contributed by atoms with Gasteiger partial charge in [-0.25, -0.2) is 18.4 Å². The first-order valence-electron chi connectivity index (χ1n) is 5.86. The highest BCUT2D eigenvalue weighted by Crippen LogP contribution is 2.24. The summed E-state index contributed by atoms with van der Waals surface area (Å²) in [6.45, 7) is 2.44. The molecule has 0 aromatic carbocycles. The van der Waals surface area contributed by atoms with Crippen molar-refractivity contribution in [3.63, 3.8) is 0 Å². The molecule has 0 aliphatic carbocycles. The molecule has 2 aromatic heterocycles. The Labute approximate surface area is 125 Å². The van der Waals surface area contributed by atoms with Crippen molar-refractivity contribution in [3.05, 3.63) is 41.1 Å². The van der Waals surface area contributed by atoms with Crippen LogP contribution in [0.25, 0.3) is 0 Å². The van der Waals surface area contributed by atoms with E-state index in [2.05, 4.69) is 35.9 Å². The monoisotopic (exact) mass is 356 g/mol. The lowest BCUT2D eigenvalue weighted by Gasteiger charge is -2.12. The lowest BCUT2D eigenvalue weighted by Crippen LogP contribution is -2.17. The maximum atomic E-state index is 12.4. The third kappa shape index (κ3) is 3.45. The summed E-state index contributed by atoms with van der Waals surface area (Å²) in [6, 6.07) is 6.49. The Morgan fingerprint density at radius 2 is 2.10 bits per heavy atom. The van der Waals surface area contributed by atoms with Crippen LogP contribution < -0.4 is 10.0 Å². The SMILES string of the molecule is CCNc1ncc(Br)cc1S(=O)(=O)Nc1ccccn1. The fourth-order valence-electron chi connectivity index (χ4n) is 1.54. The largest absolute Gasteiger partial charge is 0.369 e. The fraction of sp³-hybridized carbons (Fsp3) is 0.167. The molecule has 0 aliphatic rings. The van der Waals surface area contributed by atoms with Gasteiger partial charge in [-0.05, 0) is 41.1 Å². The van der Waals surface area contributed by atoms with E-state index < -0.39 is 10.0 Å². The zero-order valence-corrected chi connectivity index (χ0v) is 13.1. The number of nitrogens with zero attached hydrogens (tertiary/aromatic N) is 2. The van der Waals surface area contributed by atoms with Crippen LogP contribution in [0, 0.1) is 0 Å². The Bertz CT molecular complexity index is 692. The summed E-state index contributed by atoms with van der Waals surface area (Å²) in [5, 5.41) is 2.92. The molecule has 20 heavy (non-hydrogen) atoms. The van der Waals surface area contributed by atoms with E-state index in [1.165, 1.54) is 18.5 Å². The Morgan fingerprint density at radius 3 is 2.75 bits per heavy atom. The van der Waals surface area contributed by atoms with Crippen LogP contribution in [-0.2, 0) is 10.0 Å².